The number of hydrogen-bond acceptors (Lipinski definition) is 2. The van der Waals surface area contributed by atoms with Crippen molar-refractivity contribution in [1.29, 1.82) is 0 Å². The van der Waals surface area contributed by atoms with Gasteiger partial charge in [-0.15, -0.1) is 0 Å². The Kier molecular flexibility index (Phi) is 4.77. The highest BCUT2D eigenvalue weighted by atomic mass is 35.5. The molecule has 0 aliphatic rings. The van der Waals surface area contributed by atoms with E-state index in [0.29, 0.717) is 23.7 Å². The second-order valence-corrected chi connectivity index (χ2v) is 5.59. The summed E-state index contributed by atoms with van der Waals surface area (Å²) >= 11 is 5.96. The highest BCUT2D eigenvalue weighted by Gasteiger charge is 2.22. The molecule has 0 heterocycles. The SMILES string of the molecule is CCN(CC(C)(C)O)C(=O)c1cc(C)cc(Cl)c1. The van der Waals surface area contributed by atoms with Crippen LogP contribution in [-0.2, 0) is 0 Å². The summed E-state index contributed by atoms with van der Waals surface area (Å²) in [7, 11) is 0. The molecule has 0 aromatic heterocycles. The maximum atomic E-state index is 12.3. The van der Waals surface area contributed by atoms with Crippen LogP contribution in [0.2, 0.25) is 5.02 Å². The summed E-state index contributed by atoms with van der Waals surface area (Å²) in [5.74, 6) is -0.106. The molecule has 4 heteroatoms. The van der Waals surface area contributed by atoms with E-state index in [2.05, 4.69) is 0 Å². The van der Waals surface area contributed by atoms with Crippen molar-refractivity contribution in [3.63, 3.8) is 0 Å². The van der Waals surface area contributed by atoms with Gasteiger partial charge in [0.1, 0.15) is 0 Å². The van der Waals surface area contributed by atoms with Gasteiger partial charge in [-0.05, 0) is 51.5 Å². The lowest BCUT2D eigenvalue weighted by atomic mass is 10.1. The number of benzene rings is 1. The summed E-state index contributed by atoms with van der Waals surface area (Å²) < 4.78 is 0. The average molecular weight is 270 g/mol. The third-order valence-electron chi connectivity index (χ3n) is 2.54. The number of aryl methyl sites for hydroxylation is 1. The van der Waals surface area contributed by atoms with Crippen molar-refractivity contribution in [2.24, 2.45) is 0 Å². The van der Waals surface area contributed by atoms with Crippen molar-refractivity contribution in [3.05, 3.63) is 34.3 Å². The number of hydrogen-bond donors (Lipinski definition) is 1. The summed E-state index contributed by atoms with van der Waals surface area (Å²) in [6.45, 7) is 8.01. The smallest absolute Gasteiger partial charge is 0.254 e. The van der Waals surface area contributed by atoms with Crippen molar-refractivity contribution in [3.8, 4) is 0 Å². The molecule has 0 aliphatic carbocycles. The van der Waals surface area contributed by atoms with Crippen LogP contribution in [0.1, 0.15) is 36.7 Å². The summed E-state index contributed by atoms with van der Waals surface area (Å²) in [6.07, 6.45) is 0. The molecule has 18 heavy (non-hydrogen) atoms. The number of aliphatic hydroxyl groups is 1. The van der Waals surface area contributed by atoms with Gasteiger partial charge in [0, 0.05) is 23.7 Å². The Morgan fingerprint density at radius 3 is 2.44 bits per heavy atom. The zero-order valence-electron chi connectivity index (χ0n) is 11.3. The maximum absolute atomic E-state index is 12.3. The van der Waals surface area contributed by atoms with Crippen LogP contribution in [-0.4, -0.2) is 34.6 Å². The average Bonchev–Trinajstić information content (AvgIpc) is 2.22. The monoisotopic (exact) mass is 269 g/mol. The number of carbonyl (C=O) groups excluding carboxylic acids is 1. The summed E-state index contributed by atoms with van der Waals surface area (Å²) in [5, 5.41) is 10.4. The molecule has 1 amide bonds. The first-order chi connectivity index (χ1) is 8.23. The minimum absolute atomic E-state index is 0.106. The topological polar surface area (TPSA) is 40.5 Å². The van der Waals surface area contributed by atoms with Crippen LogP contribution in [0.5, 0.6) is 0 Å². The molecule has 0 saturated carbocycles. The number of amides is 1. The third kappa shape index (κ3) is 4.31. The molecule has 0 bridgehead atoms. The van der Waals surface area contributed by atoms with Gasteiger partial charge >= 0.3 is 0 Å². The zero-order chi connectivity index (χ0) is 13.9. The quantitative estimate of drug-likeness (QED) is 0.913. The van der Waals surface area contributed by atoms with E-state index in [0.717, 1.165) is 5.56 Å². The normalized spacial score (nSPS) is 11.4. The Labute approximate surface area is 113 Å². The molecule has 1 N–H and O–H groups in total. The first kappa shape index (κ1) is 15.0. The number of halogens is 1. The van der Waals surface area contributed by atoms with Crippen molar-refractivity contribution in [1.82, 2.24) is 4.90 Å². The fourth-order valence-electron chi connectivity index (χ4n) is 1.84. The second kappa shape index (κ2) is 5.72. The molecular formula is C14H20ClNO2. The fraction of sp³-hybridized carbons (Fsp3) is 0.500. The zero-order valence-corrected chi connectivity index (χ0v) is 12.1. The van der Waals surface area contributed by atoms with Crippen molar-refractivity contribution >= 4 is 17.5 Å². The predicted molar refractivity (Wildman–Crippen MR) is 74.1 cm³/mol. The molecule has 1 aromatic rings. The molecule has 1 rings (SSSR count). The standard InChI is InChI=1S/C14H20ClNO2/c1-5-16(9-14(3,4)18)13(17)11-6-10(2)7-12(15)8-11/h6-8,18H,5,9H2,1-4H3. The van der Waals surface area contributed by atoms with E-state index in [1.165, 1.54) is 0 Å². The fourth-order valence-corrected chi connectivity index (χ4v) is 2.13. The Morgan fingerprint density at radius 2 is 2.00 bits per heavy atom. The predicted octanol–water partition coefficient (Wildman–Crippen LogP) is 2.88. The van der Waals surface area contributed by atoms with Crippen LogP contribution in [0.3, 0.4) is 0 Å². The van der Waals surface area contributed by atoms with E-state index < -0.39 is 5.60 Å². The lowest BCUT2D eigenvalue weighted by molar-refractivity contribution is 0.0314. The van der Waals surface area contributed by atoms with E-state index in [9.17, 15) is 9.90 Å². The first-order valence-electron chi connectivity index (χ1n) is 6.02. The van der Waals surface area contributed by atoms with E-state index >= 15 is 0 Å². The van der Waals surface area contributed by atoms with Gasteiger partial charge in [0.2, 0.25) is 0 Å². The molecule has 1 aromatic carbocycles. The third-order valence-corrected chi connectivity index (χ3v) is 2.75. The van der Waals surface area contributed by atoms with Crippen LogP contribution in [0.25, 0.3) is 0 Å². The van der Waals surface area contributed by atoms with E-state index in [-0.39, 0.29) is 5.91 Å². The van der Waals surface area contributed by atoms with Gasteiger partial charge in [-0.25, -0.2) is 0 Å². The molecule has 0 unspecified atom stereocenters. The lowest BCUT2D eigenvalue weighted by Crippen LogP contribution is -2.42. The van der Waals surface area contributed by atoms with Gasteiger partial charge in [0.25, 0.3) is 5.91 Å². The second-order valence-electron chi connectivity index (χ2n) is 5.15. The molecule has 100 valence electrons. The minimum atomic E-state index is -0.903. The van der Waals surface area contributed by atoms with Crippen molar-refractivity contribution in [2.45, 2.75) is 33.3 Å². The van der Waals surface area contributed by atoms with Crippen molar-refractivity contribution < 1.29 is 9.90 Å². The van der Waals surface area contributed by atoms with Crippen LogP contribution in [0.4, 0.5) is 0 Å². The van der Waals surface area contributed by atoms with Crippen LogP contribution in [0, 0.1) is 6.92 Å². The first-order valence-corrected chi connectivity index (χ1v) is 6.39. The van der Waals surface area contributed by atoms with Gasteiger partial charge in [0.05, 0.1) is 5.60 Å². The highest BCUT2D eigenvalue weighted by Crippen LogP contribution is 2.17. The minimum Gasteiger partial charge on any atom is -0.389 e. The maximum Gasteiger partial charge on any atom is 0.254 e. The molecule has 0 aliphatic heterocycles. The number of likely N-dealkylation sites (N-methyl/N-ethyl adjacent to an activating group) is 1. The van der Waals surface area contributed by atoms with Crippen LogP contribution in [0.15, 0.2) is 18.2 Å². The molecule has 0 fully saturated rings. The molecular weight excluding hydrogens is 250 g/mol. The van der Waals surface area contributed by atoms with Crippen molar-refractivity contribution in [2.75, 3.05) is 13.1 Å². The Balaban J connectivity index is 2.96. The van der Waals surface area contributed by atoms with Gasteiger partial charge in [-0.3, -0.25) is 4.79 Å². The molecule has 0 saturated heterocycles. The van der Waals surface area contributed by atoms with Gasteiger partial charge in [-0.2, -0.15) is 0 Å². The summed E-state index contributed by atoms with van der Waals surface area (Å²) in [4.78, 5) is 13.9. The van der Waals surface area contributed by atoms with Crippen LogP contribution < -0.4 is 0 Å². The summed E-state index contributed by atoms with van der Waals surface area (Å²) in [6, 6.07) is 5.27. The van der Waals surface area contributed by atoms with Crippen LogP contribution >= 0.6 is 11.6 Å². The highest BCUT2D eigenvalue weighted by molar-refractivity contribution is 6.31. The van der Waals surface area contributed by atoms with E-state index in [4.69, 9.17) is 11.6 Å². The van der Waals surface area contributed by atoms with Gasteiger partial charge in [-0.1, -0.05) is 11.6 Å². The Morgan fingerprint density at radius 1 is 1.39 bits per heavy atom. The largest absolute Gasteiger partial charge is 0.389 e. The van der Waals surface area contributed by atoms with Gasteiger partial charge in [0.15, 0.2) is 0 Å². The number of carbonyl (C=O) groups is 1. The Hall–Kier alpha value is -1.06. The number of nitrogens with zero attached hydrogens (tertiary/aromatic N) is 1. The molecule has 0 radical (unpaired) electrons. The Bertz CT molecular complexity index is 418. The van der Waals surface area contributed by atoms with Gasteiger partial charge < -0.3 is 10.0 Å². The molecule has 0 atom stereocenters. The molecule has 3 nitrogen and oxygen atoms in total. The lowest BCUT2D eigenvalue weighted by Gasteiger charge is -2.28. The number of rotatable bonds is 4. The van der Waals surface area contributed by atoms with E-state index in [1.54, 1.807) is 30.9 Å². The summed E-state index contributed by atoms with van der Waals surface area (Å²) in [5.41, 5.74) is 0.607. The molecule has 0 spiro atoms. The van der Waals surface area contributed by atoms with E-state index in [1.807, 2.05) is 19.9 Å².